The SMILES string of the molecule is CCN(CC1CCC1)c1ccc(C(=N)N)cc1F. The number of nitrogen functional groups attached to an aromatic ring is 1. The maximum Gasteiger partial charge on any atom is 0.147 e. The van der Waals surface area contributed by atoms with Crippen LogP contribution in [0.4, 0.5) is 10.1 Å². The summed E-state index contributed by atoms with van der Waals surface area (Å²) in [6.07, 6.45) is 3.81. The third kappa shape index (κ3) is 2.63. The number of rotatable bonds is 5. The Hall–Kier alpha value is -1.58. The second-order valence-electron chi connectivity index (χ2n) is 4.92. The highest BCUT2D eigenvalue weighted by atomic mass is 19.1. The molecule has 0 atom stereocenters. The van der Waals surface area contributed by atoms with Gasteiger partial charge in [0.1, 0.15) is 11.7 Å². The van der Waals surface area contributed by atoms with Crippen molar-refractivity contribution in [3.05, 3.63) is 29.6 Å². The van der Waals surface area contributed by atoms with Gasteiger partial charge < -0.3 is 10.6 Å². The number of nitrogens with zero attached hydrogens (tertiary/aromatic N) is 1. The number of anilines is 1. The van der Waals surface area contributed by atoms with Crippen LogP contribution >= 0.6 is 0 Å². The summed E-state index contributed by atoms with van der Waals surface area (Å²) < 4.78 is 14.0. The summed E-state index contributed by atoms with van der Waals surface area (Å²) >= 11 is 0. The van der Waals surface area contributed by atoms with Crippen molar-refractivity contribution in [3.63, 3.8) is 0 Å². The zero-order valence-corrected chi connectivity index (χ0v) is 10.7. The molecule has 1 saturated carbocycles. The number of amidine groups is 1. The van der Waals surface area contributed by atoms with Crippen LogP contribution in [-0.4, -0.2) is 18.9 Å². The maximum absolute atomic E-state index is 14.0. The van der Waals surface area contributed by atoms with Crippen LogP contribution in [-0.2, 0) is 0 Å². The molecule has 3 nitrogen and oxygen atoms in total. The van der Waals surface area contributed by atoms with Crippen LogP contribution in [0.3, 0.4) is 0 Å². The first-order valence-corrected chi connectivity index (χ1v) is 6.50. The molecule has 0 unspecified atom stereocenters. The third-order valence-corrected chi connectivity index (χ3v) is 3.68. The molecule has 1 aliphatic rings. The predicted molar refractivity (Wildman–Crippen MR) is 72.6 cm³/mol. The molecule has 4 heteroatoms. The van der Waals surface area contributed by atoms with Crippen LogP contribution in [0.25, 0.3) is 0 Å². The van der Waals surface area contributed by atoms with Crippen molar-refractivity contribution in [1.82, 2.24) is 0 Å². The average Bonchev–Trinajstić information content (AvgIpc) is 2.29. The van der Waals surface area contributed by atoms with E-state index < -0.39 is 0 Å². The summed E-state index contributed by atoms with van der Waals surface area (Å²) in [7, 11) is 0. The lowest BCUT2D eigenvalue weighted by Gasteiger charge is -2.33. The van der Waals surface area contributed by atoms with Crippen molar-refractivity contribution >= 4 is 11.5 Å². The third-order valence-electron chi connectivity index (χ3n) is 3.68. The summed E-state index contributed by atoms with van der Waals surface area (Å²) in [5.74, 6) is 0.322. The summed E-state index contributed by atoms with van der Waals surface area (Å²) in [6.45, 7) is 3.76. The van der Waals surface area contributed by atoms with E-state index in [-0.39, 0.29) is 11.7 Å². The van der Waals surface area contributed by atoms with Gasteiger partial charge in [-0.1, -0.05) is 6.42 Å². The van der Waals surface area contributed by atoms with Crippen molar-refractivity contribution in [2.75, 3.05) is 18.0 Å². The van der Waals surface area contributed by atoms with Gasteiger partial charge >= 0.3 is 0 Å². The Labute approximate surface area is 107 Å². The van der Waals surface area contributed by atoms with E-state index >= 15 is 0 Å². The van der Waals surface area contributed by atoms with E-state index in [1.807, 2.05) is 6.92 Å². The van der Waals surface area contributed by atoms with Crippen molar-refractivity contribution in [2.24, 2.45) is 11.7 Å². The normalized spacial score (nSPS) is 15.2. The van der Waals surface area contributed by atoms with Gasteiger partial charge in [-0.25, -0.2) is 4.39 Å². The van der Waals surface area contributed by atoms with Crippen LogP contribution in [0.5, 0.6) is 0 Å². The molecular formula is C14H20FN3. The molecule has 0 saturated heterocycles. The van der Waals surface area contributed by atoms with Crippen LogP contribution in [0.2, 0.25) is 0 Å². The monoisotopic (exact) mass is 249 g/mol. The van der Waals surface area contributed by atoms with Crippen molar-refractivity contribution in [2.45, 2.75) is 26.2 Å². The Balaban J connectivity index is 2.16. The standard InChI is InChI=1S/C14H20FN3/c1-2-18(9-10-4-3-5-10)13-7-6-11(14(16)17)8-12(13)15/h6-8,10H,2-5,9H2,1H3,(H3,16,17). The first kappa shape index (κ1) is 12.9. The zero-order valence-electron chi connectivity index (χ0n) is 10.7. The van der Waals surface area contributed by atoms with E-state index in [1.54, 1.807) is 12.1 Å². The van der Waals surface area contributed by atoms with E-state index in [1.165, 1.54) is 25.3 Å². The summed E-state index contributed by atoms with van der Waals surface area (Å²) in [4.78, 5) is 2.07. The van der Waals surface area contributed by atoms with Crippen molar-refractivity contribution < 1.29 is 4.39 Å². The molecule has 0 aromatic heterocycles. The zero-order chi connectivity index (χ0) is 13.1. The molecule has 1 aromatic rings. The second-order valence-corrected chi connectivity index (χ2v) is 4.92. The van der Waals surface area contributed by atoms with Gasteiger partial charge in [0.25, 0.3) is 0 Å². The number of benzene rings is 1. The van der Waals surface area contributed by atoms with E-state index in [2.05, 4.69) is 4.90 Å². The van der Waals surface area contributed by atoms with E-state index in [4.69, 9.17) is 11.1 Å². The fourth-order valence-electron chi connectivity index (χ4n) is 2.32. The van der Waals surface area contributed by atoms with Gasteiger partial charge in [-0.3, -0.25) is 5.41 Å². The van der Waals surface area contributed by atoms with Crippen LogP contribution < -0.4 is 10.6 Å². The minimum absolute atomic E-state index is 0.0949. The van der Waals surface area contributed by atoms with Gasteiger partial charge in [0.05, 0.1) is 5.69 Å². The van der Waals surface area contributed by atoms with Gasteiger partial charge in [-0.15, -0.1) is 0 Å². The quantitative estimate of drug-likeness (QED) is 0.622. The highest BCUT2D eigenvalue weighted by Gasteiger charge is 2.21. The van der Waals surface area contributed by atoms with Crippen molar-refractivity contribution in [1.29, 1.82) is 5.41 Å². The Kier molecular flexibility index (Phi) is 3.84. The first-order chi connectivity index (χ1) is 8.61. The fraction of sp³-hybridized carbons (Fsp3) is 0.500. The molecule has 2 rings (SSSR count). The summed E-state index contributed by atoms with van der Waals surface area (Å²) in [5, 5.41) is 7.30. The summed E-state index contributed by atoms with van der Waals surface area (Å²) in [6, 6.07) is 4.79. The van der Waals surface area contributed by atoms with Gasteiger partial charge in [-0.2, -0.15) is 0 Å². The van der Waals surface area contributed by atoms with Gasteiger partial charge in [0, 0.05) is 18.7 Å². The number of hydrogen-bond acceptors (Lipinski definition) is 2. The molecule has 0 aliphatic heterocycles. The van der Waals surface area contributed by atoms with Crippen molar-refractivity contribution in [3.8, 4) is 0 Å². The van der Waals surface area contributed by atoms with E-state index in [0.29, 0.717) is 17.2 Å². The molecule has 0 spiro atoms. The number of nitrogens with two attached hydrogens (primary N) is 1. The molecule has 0 heterocycles. The topological polar surface area (TPSA) is 53.1 Å². The number of nitrogens with one attached hydrogen (secondary N) is 1. The lowest BCUT2D eigenvalue weighted by molar-refractivity contribution is 0.318. The smallest absolute Gasteiger partial charge is 0.147 e. The Bertz CT molecular complexity index is 441. The summed E-state index contributed by atoms with van der Waals surface area (Å²) in [5.41, 5.74) is 6.42. The molecule has 0 bridgehead atoms. The largest absolute Gasteiger partial charge is 0.384 e. The minimum atomic E-state index is -0.288. The lowest BCUT2D eigenvalue weighted by Crippen LogP contribution is -2.33. The molecule has 18 heavy (non-hydrogen) atoms. The van der Waals surface area contributed by atoms with Gasteiger partial charge in [0.15, 0.2) is 0 Å². The molecule has 0 radical (unpaired) electrons. The lowest BCUT2D eigenvalue weighted by atomic mass is 9.85. The Morgan fingerprint density at radius 2 is 2.22 bits per heavy atom. The highest BCUT2D eigenvalue weighted by Crippen LogP contribution is 2.30. The van der Waals surface area contributed by atoms with Crippen LogP contribution in [0.15, 0.2) is 18.2 Å². The molecule has 3 N–H and O–H groups in total. The molecule has 1 fully saturated rings. The first-order valence-electron chi connectivity index (χ1n) is 6.50. The second kappa shape index (κ2) is 5.38. The highest BCUT2D eigenvalue weighted by molar-refractivity contribution is 5.95. The van der Waals surface area contributed by atoms with Gasteiger partial charge in [-0.05, 0) is 43.9 Å². The average molecular weight is 249 g/mol. The fourth-order valence-corrected chi connectivity index (χ4v) is 2.32. The predicted octanol–water partition coefficient (Wildman–Crippen LogP) is 2.74. The molecule has 1 aromatic carbocycles. The number of halogens is 1. The molecule has 1 aliphatic carbocycles. The minimum Gasteiger partial charge on any atom is -0.384 e. The van der Waals surface area contributed by atoms with Crippen LogP contribution in [0, 0.1) is 17.1 Å². The number of hydrogen-bond donors (Lipinski definition) is 2. The maximum atomic E-state index is 14.0. The molecular weight excluding hydrogens is 229 g/mol. The molecule has 98 valence electrons. The Morgan fingerprint density at radius 3 is 2.67 bits per heavy atom. The van der Waals surface area contributed by atoms with E-state index in [9.17, 15) is 4.39 Å². The molecule has 0 amide bonds. The van der Waals surface area contributed by atoms with E-state index in [0.717, 1.165) is 13.1 Å². The van der Waals surface area contributed by atoms with Gasteiger partial charge in [0.2, 0.25) is 0 Å². The Morgan fingerprint density at radius 1 is 1.50 bits per heavy atom. The van der Waals surface area contributed by atoms with Crippen LogP contribution in [0.1, 0.15) is 31.7 Å².